The van der Waals surface area contributed by atoms with Crippen LogP contribution in [0.5, 0.6) is 5.75 Å². The van der Waals surface area contributed by atoms with Crippen LogP contribution in [0.3, 0.4) is 0 Å². The van der Waals surface area contributed by atoms with Gasteiger partial charge in [0.2, 0.25) is 0 Å². The lowest BCUT2D eigenvalue weighted by Crippen LogP contribution is -1.95. The van der Waals surface area contributed by atoms with Gasteiger partial charge in [0.15, 0.2) is 0 Å². The molecule has 0 heterocycles. The summed E-state index contributed by atoms with van der Waals surface area (Å²) in [5.74, 6) is 0.156. The molecule has 0 aliphatic rings. The largest absolute Gasteiger partial charge is 0.507 e. The second-order valence-corrected chi connectivity index (χ2v) is 3.37. The van der Waals surface area contributed by atoms with Gasteiger partial charge in [0, 0.05) is 10.9 Å². The van der Waals surface area contributed by atoms with E-state index in [4.69, 9.17) is 5.21 Å². The van der Waals surface area contributed by atoms with Crippen LogP contribution in [-0.2, 0) is 0 Å². The Morgan fingerprint density at radius 1 is 1.13 bits per heavy atom. The van der Waals surface area contributed by atoms with Crippen molar-refractivity contribution in [2.45, 2.75) is 6.92 Å². The van der Waals surface area contributed by atoms with Gasteiger partial charge >= 0.3 is 0 Å². The summed E-state index contributed by atoms with van der Waals surface area (Å²) in [6.45, 7) is 1.64. The molecule has 3 nitrogen and oxygen atoms in total. The number of benzene rings is 2. The van der Waals surface area contributed by atoms with Gasteiger partial charge in [-0.15, -0.1) is 0 Å². The Bertz CT molecular complexity index is 532. The highest BCUT2D eigenvalue weighted by Gasteiger charge is 2.08. The van der Waals surface area contributed by atoms with E-state index in [2.05, 4.69) is 5.16 Å². The van der Waals surface area contributed by atoms with Crippen molar-refractivity contribution in [3.05, 3.63) is 42.0 Å². The molecule has 0 atom stereocenters. The van der Waals surface area contributed by atoms with Crippen LogP contribution < -0.4 is 0 Å². The lowest BCUT2D eigenvalue weighted by atomic mass is 10.0. The molecule has 0 saturated carbocycles. The van der Waals surface area contributed by atoms with Crippen molar-refractivity contribution in [1.29, 1.82) is 0 Å². The van der Waals surface area contributed by atoms with Crippen LogP contribution in [0.15, 0.2) is 41.6 Å². The van der Waals surface area contributed by atoms with Gasteiger partial charge < -0.3 is 10.3 Å². The Balaban J connectivity index is 2.76. The number of hydrogen-bond acceptors (Lipinski definition) is 3. The maximum atomic E-state index is 9.96. The Morgan fingerprint density at radius 3 is 2.60 bits per heavy atom. The van der Waals surface area contributed by atoms with Gasteiger partial charge in [-0.25, -0.2) is 0 Å². The van der Waals surface area contributed by atoms with E-state index in [1.54, 1.807) is 13.0 Å². The number of nitrogens with zero attached hydrogens (tertiary/aromatic N) is 1. The summed E-state index contributed by atoms with van der Waals surface area (Å²) in [6.07, 6.45) is 0. The zero-order chi connectivity index (χ0) is 10.8. The van der Waals surface area contributed by atoms with Crippen LogP contribution in [-0.4, -0.2) is 16.0 Å². The van der Waals surface area contributed by atoms with Crippen molar-refractivity contribution in [1.82, 2.24) is 0 Å². The number of hydrogen-bond donors (Lipinski definition) is 2. The molecule has 76 valence electrons. The molecule has 2 aromatic rings. The predicted molar refractivity (Wildman–Crippen MR) is 59.6 cm³/mol. The quantitative estimate of drug-likeness (QED) is 0.423. The first kappa shape index (κ1) is 9.52. The predicted octanol–water partition coefficient (Wildman–Crippen LogP) is 2.74. The summed E-state index contributed by atoms with van der Waals surface area (Å²) in [4.78, 5) is 0. The molecule has 3 heteroatoms. The fourth-order valence-electron chi connectivity index (χ4n) is 1.60. The molecule has 0 amide bonds. The molecule has 0 bridgehead atoms. The average Bonchev–Trinajstić information content (AvgIpc) is 2.29. The van der Waals surface area contributed by atoms with Crippen LogP contribution in [0.4, 0.5) is 0 Å². The molecule has 0 unspecified atom stereocenters. The van der Waals surface area contributed by atoms with E-state index in [0.29, 0.717) is 11.3 Å². The number of rotatable bonds is 1. The van der Waals surface area contributed by atoms with Gasteiger partial charge in [-0.3, -0.25) is 0 Å². The van der Waals surface area contributed by atoms with Gasteiger partial charge in [-0.2, -0.15) is 0 Å². The van der Waals surface area contributed by atoms with Crippen LogP contribution in [0, 0.1) is 0 Å². The molecule has 2 rings (SSSR count). The van der Waals surface area contributed by atoms with Gasteiger partial charge in [0.1, 0.15) is 5.75 Å². The van der Waals surface area contributed by atoms with Gasteiger partial charge in [0.05, 0.1) is 5.71 Å². The Kier molecular flexibility index (Phi) is 2.29. The van der Waals surface area contributed by atoms with Gasteiger partial charge in [-0.1, -0.05) is 35.5 Å². The number of oxime groups is 1. The topological polar surface area (TPSA) is 52.8 Å². The van der Waals surface area contributed by atoms with E-state index in [1.165, 1.54) is 0 Å². The third-order valence-corrected chi connectivity index (χ3v) is 2.44. The molecule has 0 saturated heterocycles. The molecule has 2 N–H and O–H groups in total. The molecule has 15 heavy (non-hydrogen) atoms. The van der Waals surface area contributed by atoms with E-state index >= 15 is 0 Å². The highest BCUT2D eigenvalue weighted by molar-refractivity contribution is 6.05. The maximum absolute atomic E-state index is 9.96. The smallest absolute Gasteiger partial charge is 0.132 e. The fourth-order valence-corrected chi connectivity index (χ4v) is 1.60. The maximum Gasteiger partial charge on any atom is 0.132 e. The third kappa shape index (κ3) is 1.52. The van der Waals surface area contributed by atoms with Crippen LogP contribution >= 0.6 is 0 Å². The van der Waals surface area contributed by atoms with Gasteiger partial charge in [-0.05, 0) is 18.4 Å². The van der Waals surface area contributed by atoms with Crippen LogP contribution in [0.2, 0.25) is 0 Å². The van der Waals surface area contributed by atoms with Gasteiger partial charge in [0.25, 0.3) is 0 Å². The number of phenolic OH excluding ortho intramolecular Hbond substituents is 1. The molecular formula is C12H11NO2. The molecule has 2 aromatic carbocycles. The lowest BCUT2D eigenvalue weighted by Gasteiger charge is -2.06. The Hall–Kier alpha value is -2.03. The normalized spacial score (nSPS) is 11.9. The zero-order valence-electron chi connectivity index (χ0n) is 8.31. The minimum Gasteiger partial charge on any atom is -0.507 e. The van der Waals surface area contributed by atoms with Crippen molar-refractivity contribution in [3.8, 4) is 5.75 Å². The summed E-state index contributed by atoms with van der Waals surface area (Å²) in [5.41, 5.74) is 0.953. The van der Waals surface area contributed by atoms with E-state index in [-0.39, 0.29) is 5.75 Å². The highest BCUT2D eigenvalue weighted by atomic mass is 16.4. The van der Waals surface area contributed by atoms with Crippen molar-refractivity contribution < 1.29 is 10.3 Å². The molecule has 0 aliphatic carbocycles. The first-order valence-electron chi connectivity index (χ1n) is 4.64. The van der Waals surface area contributed by atoms with Crippen molar-refractivity contribution in [2.24, 2.45) is 5.16 Å². The number of fused-ring (bicyclic) bond motifs is 1. The Morgan fingerprint density at radius 2 is 1.87 bits per heavy atom. The van der Waals surface area contributed by atoms with Crippen molar-refractivity contribution in [2.75, 3.05) is 0 Å². The van der Waals surface area contributed by atoms with Crippen LogP contribution in [0.25, 0.3) is 10.8 Å². The lowest BCUT2D eigenvalue weighted by molar-refractivity contribution is 0.319. The number of phenols is 1. The third-order valence-electron chi connectivity index (χ3n) is 2.44. The minimum atomic E-state index is 0.156. The second kappa shape index (κ2) is 3.61. The van der Waals surface area contributed by atoms with E-state index in [9.17, 15) is 5.11 Å². The zero-order valence-corrected chi connectivity index (χ0v) is 8.31. The van der Waals surface area contributed by atoms with Crippen molar-refractivity contribution >= 4 is 16.5 Å². The van der Waals surface area contributed by atoms with E-state index in [1.807, 2.05) is 30.3 Å². The summed E-state index contributed by atoms with van der Waals surface area (Å²) < 4.78 is 0. The molecular weight excluding hydrogens is 190 g/mol. The Labute approximate surface area is 87.3 Å². The van der Waals surface area contributed by atoms with Crippen molar-refractivity contribution in [3.63, 3.8) is 0 Å². The molecule has 0 fully saturated rings. The summed E-state index contributed by atoms with van der Waals surface area (Å²) >= 11 is 0. The standard InChI is InChI=1S/C12H11NO2/c1-8(13-15)10-7-6-9-4-2-3-5-11(9)12(10)14/h2-7,14-15H,1H3. The summed E-state index contributed by atoms with van der Waals surface area (Å²) in [5, 5.41) is 23.4. The minimum absolute atomic E-state index is 0.156. The fraction of sp³-hybridized carbons (Fsp3) is 0.0833. The highest BCUT2D eigenvalue weighted by Crippen LogP contribution is 2.28. The SMILES string of the molecule is CC(=NO)c1ccc2ccccc2c1O. The first-order chi connectivity index (χ1) is 7.24. The van der Waals surface area contributed by atoms with E-state index in [0.717, 1.165) is 10.8 Å². The van der Waals surface area contributed by atoms with Crippen LogP contribution in [0.1, 0.15) is 12.5 Å². The number of aromatic hydroxyl groups is 1. The summed E-state index contributed by atoms with van der Waals surface area (Å²) in [7, 11) is 0. The molecule has 0 aromatic heterocycles. The molecule has 0 spiro atoms. The summed E-state index contributed by atoms with van der Waals surface area (Å²) in [6, 6.07) is 11.2. The van der Waals surface area contributed by atoms with E-state index < -0.39 is 0 Å². The molecule has 0 aliphatic heterocycles. The molecule has 0 radical (unpaired) electrons. The monoisotopic (exact) mass is 201 g/mol. The average molecular weight is 201 g/mol. The second-order valence-electron chi connectivity index (χ2n) is 3.37. The first-order valence-corrected chi connectivity index (χ1v) is 4.64.